The maximum absolute atomic E-state index is 11.7. The van der Waals surface area contributed by atoms with Crippen LogP contribution in [-0.4, -0.2) is 22.4 Å². The molecule has 0 fully saturated rings. The van der Waals surface area contributed by atoms with Crippen molar-refractivity contribution in [2.24, 2.45) is 5.92 Å². The number of carbonyl (C=O) groups is 1. The standard InChI is InChI=1S/C14H18N4OS/c1-10(2)8-16-13(19)7-11-9-20-14(17-11)18-12-5-3-4-6-15-12/h3-6,9-10H,7-8H2,1-2H3,(H,16,19)(H,15,17,18). The molecule has 2 aromatic heterocycles. The predicted molar refractivity (Wildman–Crippen MR) is 81.2 cm³/mol. The molecule has 0 unspecified atom stereocenters. The molecule has 2 N–H and O–H groups in total. The van der Waals surface area contributed by atoms with E-state index < -0.39 is 0 Å². The third-order valence-electron chi connectivity index (χ3n) is 2.50. The number of nitrogens with one attached hydrogen (secondary N) is 2. The molecule has 0 saturated heterocycles. The van der Waals surface area contributed by atoms with Gasteiger partial charge in [-0.25, -0.2) is 9.97 Å². The highest BCUT2D eigenvalue weighted by molar-refractivity contribution is 7.13. The Labute approximate surface area is 122 Å². The van der Waals surface area contributed by atoms with E-state index >= 15 is 0 Å². The lowest BCUT2D eigenvalue weighted by Gasteiger charge is -2.06. The monoisotopic (exact) mass is 290 g/mol. The molecular weight excluding hydrogens is 272 g/mol. The SMILES string of the molecule is CC(C)CNC(=O)Cc1csc(Nc2ccccn2)n1. The molecule has 0 bridgehead atoms. The van der Waals surface area contributed by atoms with Crippen LogP contribution >= 0.6 is 11.3 Å². The third-order valence-corrected chi connectivity index (χ3v) is 3.31. The van der Waals surface area contributed by atoms with Gasteiger partial charge in [-0.05, 0) is 18.1 Å². The van der Waals surface area contributed by atoms with Crippen LogP contribution in [0.4, 0.5) is 10.9 Å². The van der Waals surface area contributed by atoms with E-state index in [1.807, 2.05) is 23.6 Å². The van der Waals surface area contributed by atoms with Crippen LogP contribution in [0.5, 0.6) is 0 Å². The number of amides is 1. The van der Waals surface area contributed by atoms with E-state index in [4.69, 9.17) is 0 Å². The fourth-order valence-electron chi connectivity index (χ4n) is 1.54. The van der Waals surface area contributed by atoms with Crippen LogP contribution in [0.1, 0.15) is 19.5 Å². The van der Waals surface area contributed by atoms with Crippen molar-refractivity contribution in [1.82, 2.24) is 15.3 Å². The molecular formula is C14H18N4OS. The molecule has 0 aliphatic carbocycles. The molecule has 2 rings (SSSR count). The number of hydrogen-bond donors (Lipinski definition) is 2. The highest BCUT2D eigenvalue weighted by atomic mass is 32.1. The van der Waals surface area contributed by atoms with Gasteiger partial charge in [0.1, 0.15) is 5.82 Å². The van der Waals surface area contributed by atoms with Gasteiger partial charge in [-0.3, -0.25) is 4.79 Å². The Morgan fingerprint density at radius 3 is 2.95 bits per heavy atom. The first-order valence-electron chi connectivity index (χ1n) is 6.52. The number of pyridine rings is 1. The zero-order valence-corrected chi connectivity index (χ0v) is 12.4. The lowest BCUT2D eigenvalue weighted by molar-refractivity contribution is -0.120. The van der Waals surface area contributed by atoms with Crippen LogP contribution in [-0.2, 0) is 11.2 Å². The van der Waals surface area contributed by atoms with E-state index in [0.29, 0.717) is 18.9 Å². The second-order valence-electron chi connectivity index (χ2n) is 4.86. The van der Waals surface area contributed by atoms with E-state index in [1.165, 1.54) is 11.3 Å². The van der Waals surface area contributed by atoms with Gasteiger partial charge >= 0.3 is 0 Å². The van der Waals surface area contributed by atoms with Gasteiger partial charge in [0, 0.05) is 18.1 Å². The summed E-state index contributed by atoms with van der Waals surface area (Å²) in [5, 5.41) is 8.63. The summed E-state index contributed by atoms with van der Waals surface area (Å²) in [5.74, 6) is 1.21. The summed E-state index contributed by atoms with van der Waals surface area (Å²) in [4.78, 5) is 20.3. The van der Waals surface area contributed by atoms with E-state index in [9.17, 15) is 4.79 Å². The van der Waals surface area contributed by atoms with Crippen molar-refractivity contribution < 1.29 is 4.79 Å². The fraction of sp³-hybridized carbons (Fsp3) is 0.357. The van der Waals surface area contributed by atoms with Gasteiger partial charge in [0.25, 0.3) is 0 Å². The predicted octanol–water partition coefficient (Wildman–Crippen LogP) is 2.60. The average molecular weight is 290 g/mol. The van der Waals surface area contributed by atoms with Crippen LogP contribution in [0, 0.1) is 5.92 Å². The summed E-state index contributed by atoms with van der Waals surface area (Å²) in [6.07, 6.45) is 2.03. The van der Waals surface area contributed by atoms with Crippen LogP contribution in [0.3, 0.4) is 0 Å². The van der Waals surface area contributed by atoms with E-state index in [0.717, 1.165) is 16.6 Å². The number of aromatic nitrogens is 2. The summed E-state index contributed by atoms with van der Waals surface area (Å²) in [6.45, 7) is 4.83. The first-order valence-corrected chi connectivity index (χ1v) is 7.40. The number of carbonyl (C=O) groups excluding carboxylic acids is 1. The third kappa shape index (κ3) is 4.62. The highest BCUT2D eigenvalue weighted by Crippen LogP contribution is 2.19. The van der Waals surface area contributed by atoms with Crippen molar-refractivity contribution >= 4 is 28.2 Å². The van der Waals surface area contributed by atoms with Crippen molar-refractivity contribution in [3.63, 3.8) is 0 Å². The minimum Gasteiger partial charge on any atom is -0.356 e. The Morgan fingerprint density at radius 1 is 1.40 bits per heavy atom. The first kappa shape index (κ1) is 14.5. The molecule has 20 heavy (non-hydrogen) atoms. The molecule has 0 saturated carbocycles. The maximum Gasteiger partial charge on any atom is 0.226 e. The maximum atomic E-state index is 11.7. The summed E-state index contributed by atoms with van der Waals surface area (Å²) in [7, 11) is 0. The Hall–Kier alpha value is -1.95. The number of anilines is 2. The second kappa shape index (κ2) is 7.00. The molecule has 0 atom stereocenters. The molecule has 0 spiro atoms. The minimum absolute atomic E-state index is 0.00776. The van der Waals surface area contributed by atoms with Gasteiger partial charge in [-0.15, -0.1) is 11.3 Å². The van der Waals surface area contributed by atoms with E-state index in [2.05, 4.69) is 34.4 Å². The quantitative estimate of drug-likeness (QED) is 0.858. The molecule has 6 heteroatoms. The normalized spacial score (nSPS) is 10.6. The van der Waals surface area contributed by atoms with Gasteiger partial charge in [0.15, 0.2) is 5.13 Å². The van der Waals surface area contributed by atoms with Crippen LogP contribution < -0.4 is 10.6 Å². The highest BCUT2D eigenvalue weighted by Gasteiger charge is 2.08. The Balaban J connectivity index is 1.87. The topological polar surface area (TPSA) is 66.9 Å². The lowest BCUT2D eigenvalue weighted by atomic mass is 10.2. The number of nitrogens with zero attached hydrogens (tertiary/aromatic N) is 2. The van der Waals surface area contributed by atoms with Crippen molar-refractivity contribution in [2.75, 3.05) is 11.9 Å². The van der Waals surface area contributed by atoms with Gasteiger partial charge in [0.05, 0.1) is 12.1 Å². The molecule has 106 valence electrons. The first-order chi connectivity index (χ1) is 9.63. The smallest absolute Gasteiger partial charge is 0.226 e. The van der Waals surface area contributed by atoms with Gasteiger partial charge in [-0.2, -0.15) is 0 Å². The zero-order valence-electron chi connectivity index (χ0n) is 11.6. The second-order valence-corrected chi connectivity index (χ2v) is 5.72. The van der Waals surface area contributed by atoms with Crippen molar-refractivity contribution in [3.8, 4) is 0 Å². The molecule has 0 aromatic carbocycles. The van der Waals surface area contributed by atoms with Crippen molar-refractivity contribution in [2.45, 2.75) is 20.3 Å². The number of thiazole rings is 1. The van der Waals surface area contributed by atoms with Gasteiger partial charge in [-0.1, -0.05) is 19.9 Å². The van der Waals surface area contributed by atoms with Crippen LogP contribution in [0.25, 0.3) is 0 Å². The molecule has 0 radical (unpaired) electrons. The van der Waals surface area contributed by atoms with E-state index in [1.54, 1.807) is 6.20 Å². The Kier molecular flexibility index (Phi) is 5.06. The average Bonchev–Trinajstić information content (AvgIpc) is 2.85. The van der Waals surface area contributed by atoms with Crippen molar-refractivity contribution in [1.29, 1.82) is 0 Å². The molecule has 2 aromatic rings. The molecule has 5 nitrogen and oxygen atoms in total. The summed E-state index contributed by atoms with van der Waals surface area (Å²) < 4.78 is 0. The summed E-state index contributed by atoms with van der Waals surface area (Å²) >= 11 is 1.47. The fourth-order valence-corrected chi connectivity index (χ4v) is 2.25. The number of hydrogen-bond acceptors (Lipinski definition) is 5. The zero-order chi connectivity index (χ0) is 14.4. The largest absolute Gasteiger partial charge is 0.356 e. The molecule has 2 heterocycles. The van der Waals surface area contributed by atoms with Gasteiger partial charge in [0.2, 0.25) is 5.91 Å². The van der Waals surface area contributed by atoms with Crippen molar-refractivity contribution in [3.05, 3.63) is 35.5 Å². The summed E-state index contributed by atoms with van der Waals surface area (Å²) in [5.41, 5.74) is 0.773. The molecule has 0 aliphatic rings. The van der Waals surface area contributed by atoms with Crippen LogP contribution in [0.2, 0.25) is 0 Å². The molecule has 1 amide bonds. The summed E-state index contributed by atoms with van der Waals surface area (Å²) in [6, 6.07) is 5.64. The van der Waals surface area contributed by atoms with E-state index in [-0.39, 0.29) is 5.91 Å². The lowest BCUT2D eigenvalue weighted by Crippen LogP contribution is -2.28. The Bertz CT molecular complexity index is 553. The number of rotatable bonds is 6. The van der Waals surface area contributed by atoms with Gasteiger partial charge < -0.3 is 10.6 Å². The Morgan fingerprint density at radius 2 is 2.25 bits per heavy atom. The minimum atomic E-state index is 0.00776. The van der Waals surface area contributed by atoms with Crippen LogP contribution in [0.15, 0.2) is 29.8 Å². The molecule has 0 aliphatic heterocycles.